The fraction of sp³-hybridized carbons (Fsp3) is 0.824. The van der Waals surface area contributed by atoms with Gasteiger partial charge in [0.2, 0.25) is 11.8 Å². The monoisotopic (exact) mass is 358 g/mol. The van der Waals surface area contributed by atoms with Gasteiger partial charge in [-0.05, 0) is 13.3 Å². The highest BCUT2D eigenvalue weighted by Gasteiger charge is 2.48. The van der Waals surface area contributed by atoms with Crippen molar-refractivity contribution < 1.29 is 19.5 Å². The third-order valence-electron chi connectivity index (χ3n) is 4.37. The summed E-state index contributed by atoms with van der Waals surface area (Å²) in [6, 6.07) is -1.02. The van der Waals surface area contributed by atoms with E-state index in [0.717, 1.165) is 19.3 Å². The number of imide groups is 1. The van der Waals surface area contributed by atoms with Crippen molar-refractivity contribution in [1.29, 1.82) is 0 Å². The van der Waals surface area contributed by atoms with E-state index in [0.29, 0.717) is 6.54 Å². The van der Waals surface area contributed by atoms with Crippen molar-refractivity contribution in [2.24, 2.45) is 5.73 Å². The summed E-state index contributed by atoms with van der Waals surface area (Å²) in [5.74, 6) is -1.34. The number of nitrogens with two attached hydrogens (primary N) is 1. The first-order valence-electron chi connectivity index (χ1n) is 8.79. The molecular formula is C17H30N2O4S. The molecule has 2 atom stereocenters. The molecule has 24 heavy (non-hydrogen) atoms. The molecule has 1 fully saturated rings. The molecule has 1 saturated heterocycles. The van der Waals surface area contributed by atoms with Crippen molar-refractivity contribution >= 4 is 29.5 Å². The summed E-state index contributed by atoms with van der Waals surface area (Å²) < 4.78 is -0.884. The Morgan fingerprint density at radius 2 is 1.83 bits per heavy atom. The molecule has 0 radical (unpaired) electrons. The Labute approximate surface area is 148 Å². The lowest BCUT2D eigenvalue weighted by Gasteiger charge is -2.22. The number of thioether (sulfide) groups is 1. The molecule has 138 valence electrons. The van der Waals surface area contributed by atoms with Gasteiger partial charge in [0.15, 0.2) is 0 Å². The van der Waals surface area contributed by atoms with E-state index >= 15 is 0 Å². The Kier molecular flexibility index (Phi) is 8.76. The van der Waals surface area contributed by atoms with Crippen LogP contribution in [0.2, 0.25) is 0 Å². The van der Waals surface area contributed by atoms with Crippen LogP contribution in [0, 0.1) is 0 Å². The number of unbranched alkanes of at least 4 members (excludes halogenated alkanes) is 6. The fourth-order valence-electron chi connectivity index (χ4n) is 2.77. The minimum absolute atomic E-state index is 0.121. The number of carboxylic acids is 1. The molecule has 0 spiro atoms. The van der Waals surface area contributed by atoms with Crippen molar-refractivity contribution in [2.75, 3.05) is 12.3 Å². The summed E-state index contributed by atoms with van der Waals surface area (Å²) in [7, 11) is 0. The molecule has 0 bridgehead atoms. The normalized spacial score (nSPS) is 22.2. The molecule has 1 aliphatic heterocycles. The Balaban J connectivity index is 2.38. The fourth-order valence-corrected chi connectivity index (χ4v) is 3.92. The van der Waals surface area contributed by atoms with Gasteiger partial charge in [-0.2, -0.15) is 0 Å². The number of hydrogen-bond acceptors (Lipinski definition) is 5. The van der Waals surface area contributed by atoms with Gasteiger partial charge in [-0.25, -0.2) is 0 Å². The number of carbonyl (C=O) groups excluding carboxylic acids is 2. The summed E-state index contributed by atoms with van der Waals surface area (Å²) >= 11 is 1.17. The molecule has 2 unspecified atom stereocenters. The molecule has 0 saturated carbocycles. The van der Waals surface area contributed by atoms with Crippen molar-refractivity contribution in [3.05, 3.63) is 0 Å². The van der Waals surface area contributed by atoms with Gasteiger partial charge >= 0.3 is 5.97 Å². The predicted molar refractivity (Wildman–Crippen MR) is 95.8 cm³/mol. The number of aliphatic carboxylic acids is 1. The first-order valence-corrected chi connectivity index (χ1v) is 9.77. The third kappa shape index (κ3) is 6.09. The van der Waals surface area contributed by atoms with Crippen LogP contribution in [0.1, 0.15) is 65.2 Å². The zero-order chi connectivity index (χ0) is 18.2. The van der Waals surface area contributed by atoms with Crippen LogP contribution in [0.4, 0.5) is 0 Å². The molecule has 1 heterocycles. The van der Waals surface area contributed by atoms with Crippen LogP contribution in [0.3, 0.4) is 0 Å². The SMILES string of the molecule is CCCCCCCCCN1C(=O)CC(C)(SCC(N)C(=O)O)C1=O. The summed E-state index contributed by atoms with van der Waals surface area (Å²) in [4.78, 5) is 36.8. The van der Waals surface area contributed by atoms with Crippen molar-refractivity contribution in [3.63, 3.8) is 0 Å². The molecular weight excluding hydrogens is 328 g/mol. The average molecular weight is 359 g/mol. The summed E-state index contributed by atoms with van der Waals surface area (Å²) in [5, 5.41) is 8.83. The molecule has 1 rings (SSSR count). The smallest absolute Gasteiger partial charge is 0.321 e. The molecule has 1 aliphatic rings. The molecule has 2 amide bonds. The largest absolute Gasteiger partial charge is 0.480 e. The number of carboxylic acid groups (broad SMARTS) is 1. The molecule has 0 aliphatic carbocycles. The predicted octanol–water partition coefficient (Wildman–Crippen LogP) is 2.40. The second-order valence-corrected chi connectivity index (χ2v) is 8.16. The maximum Gasteiger partial charge on any atom is 0.321 e. The third-order valence-corrected chi connectivity index (χ3v) is 5.85. The van der Waals surface area contributed by atoms with Crippen LogP contribution < -0.4 is 5.73 Å². The Morgan fingerprint density at radius 1 is 1.25 bits per heavy atom. The van der Waals surface area contributed by atoms with E-state index in [2.05, 4.69) is 6.92 Å². The Bertz CT molecular complexity index is 458. The van der Waals surface area contributed by atoms with Crippen molar-refractivity contribution in [3.8, 4) is 0 Å². The first-order chi connectivity index (χ1) is 11.3. The van der Waals surface area contributed by atoms with Crippen LogP contribution in [0.15, 0.2) is 0 Å². The lowest BCUT2D eigenvalue weighted by atomic mass is 10.1. The number of rotatable bonds is 12. The van der Waals surface area contributed by atoms with Gasteiger partial charge in [-0.3, -0.25) is 19.3 Å². The van der Waals surface area contributed by atoms with E-state index in [9.17, 15) is 14.4 Å². The second-order valence-electron chi connectivity index (χ2n) is 6.64. The quantitative estimate of drug-likeness (QED) is 0.410. The standard InChI is InChI=1S/C17H30N2O4S/c1-3-4-5-6-7-8-9-10-19-14(20)11-17(2,16(19)23)24-12-13(18)15(21)22/h13H,3-12,18H2,1-2H3,(H,21,22). The number of amides is 2. The van der Waals surface area contributed by atoms with Gasteiger partial charge in [-0.15, -0.1) is 11.8 Å². The number of nitrogens with zero attached hydrogens (tertiary/aromatic N) is 1. The van der Waals surface area contributed by atoms with Crippen LogP contribution >= 0.6 is 11.8 Å². The highest BCUT2D eigenvalue weighted by molar-refractivity contribution is 8.01. The van der Waals surface area contributed by atoms with E-state index in [1.54, 1.807) is 6.92 Å². The van der Waals surface area contributed by atoms with Crippen LogP contribution in [-0.2, 0) is 14.4 Å². The Morgan fingerprint density at radius 3 is 2.42 bits per heavy atom. The molecule has 3 N–H and O–H groups in total. The highest BCUT2D eigenvalue weighted by Crippen LogP contribution is 2.37. The maximum atomic E-state index is 12.5. The van der Waals surface area contributed by atoms with Gasteiger partial charge in [0.05, 0.1) is 6.42 Å². The number of likely N-dealkylation sites (tertiary alicyclic amines) is 1. The zero-order valence-electron chi connectivity index (χ0n) is 14.8. The molecule has 6 nitrogen and oxygen atoms in total. The van der Waals surface area contributed by atoms with Gasteiger partial charge in [-0.1, -0.05) is 45.4 Å². The average Bonchev–Trinajstić information content (AvgIpc) is 2.74. The summed E-state index contributed by atoms with van der Waals surface area (Å²) in [6.45, 7) is 4.35. The van der Waals surface area contributed by atoms with Crippen LogP contribution in [-0.4, -0.2) is 50.9 Å². The molecule has 0 aromatic carbocycles. The maximum absolute atomic E-state index is 12.5. The zero-order valence-corrected chi connectivity index (χ0v) is 15.6. The number of hydrogen-bond donors (Lipinski definition) is 2. The Hall–Kier alpha value is -1.08. The minimum atomic E-state index is -1.09. The van der Waals surface area contributed by atoms with Gasteiger partial charge < -0.3 is 10.8 Å². The van der Waals surface area contributed by atoms with Crippen LogP contribution in [0.5, 0.6) is 0 Å². The van der Waals surface area contributed by atoms with E-state index < -0.39 is 16.8 Å². The molecule has 0 aromatic heterocycles. The van der Waals surface area contributed by atoms with E-state index in [-0.39, 0.29) is 24.0 Å². The minimum Gasteiger partial charge on any atom is -0.480 e. The second kappa shape index (κ2) is 10.0. The molecule has 7 heteroatoms. The van der Waals surface area contributed by atoms with E-state index in [1.807, 2.05) is 0 Å². The van der Waals surface area contributed by atoms with E-state index in [4.69, 9.17) is 10.8 Å². The summed E-state index contributed by atoms with van der Waals surface area (Å²) in [5.41, 5.74) is 5.49. The molecule has 0 aromatic rings. The number of carbonyl (C=O) groups is 3. The lowest BCUT2D eigenvalue weighted by Crippen LogP contribution is -2.39. The lowest BCUT2D eigenvalue weighted by molar-refractivity contribution is -0.139. The van der Waals surface area contributed by atoms with Gasteiger partial charge in [0.1, 0.15) is 10.8 Å². The van der Waals surface area contributed by atoms with Gasteiger partial charge in [0, 0.05) is 12.3 Å². The van der Waals surface area contributed by atoms with E-state index in [1.165, 1.54) is 42.3 Å². The highest BCUT2D eigenvalue weighted by atomic mass is 32.2. The van der Waals surface area contributed by atoms with Crippen molar-refractivity contribution in [1.82, 2.24) is 4.90 Å². The topological polar surface area (TPSA) is 101 Å². The van der Waals surface area contributed by atoms with Crippen LogP contribution in [0.25, 0.3) is 0 Å². The first kappa shape index (κ1) is 21.0. The van der Waals surface area contributed by atoms with Crippen molar-refractivity contribution in [2.45, 2.75) is 76.0 Å². The van der Waals surface area contributed by atoms with Gasteiger partial charge in [0.25, 0.3) is 0 Å². The summed E-state index contributed by atoms with van der Waals surface area (Å²) in [6.07, 6.45) is 8.05.